The molecule has 7 heteroatoms. The Balaban J connectivity index is -0.0000000800. The van der Waals surface area contributed by atoms with Gasteiger partial charge in [-0.2, -0.15) is 0 Å². The molecule has 0 aliphatic heterocycles. The summed E-state index contributed by atoms with van der Waals surface area (Å²) in [7, 11) is 0. The maximum atomic E-state index is 8.58. The molecule has 0 spiro atoms. The van der Waals surface area contributed by atoms with Crippen molar-refractivity contribution in [2.24, 2.45) is 0 Å². The van der Waals surface area contributed by atoms with E-state index in [2.05, 4.69) is 0 Å². The Morgan fingerprint density at radius 2 is 1.14 bits per heavy atom. The van der Waals surface area contributed by atoms with Gasteiger partial charge >= 0.3 is 66.4 Å². The molecule has 0 atom stereocenters. The summed E-state index contributed by atoms with van der Waals surface area (Å²) in [6, 6.07) is 0. The quantitative estimate of drug-likeness (QED) is 0.393. The van der Waals surface area contributed by atoms with Gasteiger partial charge in [0.1, 0.15) is 0 Å². The molecule has 40 valence electrons. The van der Waals surface area contributed by atoms with Crippen LogP contribution in [0.15, 0.2) is 0 Å². The Bertz CT molecular complexity index is 129. The molecule has 1 N–H and O–H groups in total. The van der Waals surface area contributed by atoms with Gasteiger partial charge in [0.15, 0.2) is 0 Å². The van der Waals surface area contributed by atoms with Crippen molar-refractivity contribution in [2.75, 3.05) is 0 Å². The second-order valence-electron chi connectivity index (χ2n) is 0.378. The molecule has 0 aromatic carbocycles. The second kappa shape index (κ2) is 5.24. The van der Waals surface area contributed by atoms with Gasteiger partial charge in [-0.15, -0.1) is 0 Å². The Kier molecular flexibility index (Phi) is 11.8. The minimum absolute atomic E-state index is 0. The molecular formula is HCaMnO5. The number of hydrogen-bond acceptors (Lipinski definition) is 5. The van der Waals surface area contributed by atoms with Crippen molar-refractivity contribution in [2.45, 2.75) is 0 Å². The van der Waals surface area contributed by atoms with E-state index in [9.17, 15) is 0 Å². The molecule has 0 aromatic rings. The summed E-state index contributed by atoms with van der Waals surface area (Å²) in [6.45, 7) is 0. The van der Waals surface area contributed by atoms with Crippen molar-refractivity contribution in [3.8, 4) is 0 Å². The molecule has 5 nitrogen and oxygen atoms in total. The third-order valence-corrected chi connectivity index (χ3v) is 0. The van der Waals surface area contributed by atoms with Crippen LogP contribution in [-0.4, -0.2) is 43.2 Å². The van der Waals surface area contributed by atoms with Crippen molar-refractivity contribution >= 4 is 37.7 Å². The minimum atomic E-state index is -5.62. The van der Waals surface area contributed by atoms with Crippen molar-refractivity contribution in [3.05, 3.63) is 0 Å². The fourth-order valence-corrected chi connectivity index (χ4v) is 0. The van der Waals surface area contributed by atoms with Crippen molar-refractivity contribution in [1.82, 2.24) is 0 Å². The Hall–Kier alpha value is 1.10. The summed E-state index contributed by atoms with van der Waals surface area (Å²) >= 11 is -5.62. The molecule has 0 fully saturated rings. The fraction of sp³-hybridized carbons (Fsp3) is 0. The Morgan fingerprint density at radius 1 is 1.14 bits per heavy atom. The van der Waals surface area contributed by atoms with Gasteiger partial charge in [0.05, 0.1) is 0 Å². The monoisotopic (exact) mass is 176 g/mol. The first-order valence-electron chi connectivity index (χ1n) is 0.617. The molecular weight excluding hydrogens is 175 g/mol. The van der Waals surface area contributed by atoms with Crippen LogP contribution in [0, 0.1) is 0 Å². The van der Waals surface area contributed by atoms with Gasteiger partial charge in [0, 0.05) is 0 Å². The summed E-state index contributed by atoms with van der Waals surface area (Å²) in [5, 5.41) is 0. The van der Waals surface area contributed by atoms with Crippen molar-refractivity contribution in [1.29, 1.82) is 0 Å². The number of rotatable bonds is 0. The first-order chi connectivity index (χ1) is 2.00. The predicted molar refractivity (Wildman–Crippen MR) is 9.75 cm³/mol. The molecule has 0 saturated heterocycles. The fourth-order valence-electron chi connectivity index (χ4n) is 0. The third kappa shape index (κ3) is 153. The predicted octanol–water partition coefficient (Wildman–Crippen LogP) is -2.11. The van der Waals surface area contributed by atoms with Crippen LogP contribution >= 0.6 is 0 Å². The van der Waals surface area contributed by atoms with Crippen LogP contribution in [0.3, 0.4) is 0 Å². The zero-order valence-electron chi connectivity index (χ0n) is 3.17. The van der Waals surface area contributed by atoms with Gasteiger partial charge in [-0.1, -0.05) is 0 Å². The summed E-state index contributed by atoms with van der Waals surface area (Å²) < 4.78 is 34.3. The first kappa shape index (κ1) is 15.7. The van der Waals surface area contributed by atoms with Gasteiger partial charge in [-0.25, -0.2) is 0 Å². The average Bonchev–Trinajstić information content (AvgIpc) is 0.722. The molecule has 0 saturated carbocycles. The normalized spacial score (nSPS) is 8.14. The van der Waals surface area contributed by atoms with E-state index in [0.29, 0.717) is 0 Å². The third-order valence-electron chi connectivity index (χ3n) is 0. The summed E-state index contributed by atoms with van der Waals surface area (Å²) in [5.74, 6) is 0. The van der Waals surface area contributed by atoms with E-state index in [4.69, 9.17) is 15.7 Å². The van der Waals surface area contributed by atoms with Crippen LogP contribution in [-0.2, 0) is 24.5 Å². The van der Waals surface area contributed by atoms with Crippen LogP contribution in [0.5, 0.6) is 0 Å². The van der Waals surface area contributed by atoms with E-state index in [-0.39, 0.29) is 43.2 Å². The molecule has 0 heterocycles. The van der Waals surface area contributed by atoms with Gasteiger partial charge in [-0.3, -0.25) is 0 Å². The molecule has 0 amide bonds. The SMILES string of the molecule is [Ca+2].[OH-].[O]=[Mn](=[O])(=[O])[O-]. The van der Waals surface area contributed by atoms with Crippen molar-refractivity contribution < 1.29 is 34.1 Å². The van der Waals surface area contributed by atoms with Gasteiger partial charge in [0.25, 0.3) is 0 Å². The molecule has 0 aliphatic carbocycles. The molecule has 7 heavy (non-hydrogen) atoms. The van der Waals surface area contributed by atoms with Crippen LogP contribution in [0.1, 0.15) is 0 Å². The van der Waals surface area contributed by atoms with E-state index in [1.165, 1.54) is 0 Å². The van der Waals surface area contributed by atoms with Gasteiger partial charge in [-0.05, 0) is 0 Å². The van der Waals surface area contributed by atoms with E-state index in [1.54, 1.807) is 0 Å². The molecule has 0 aliphatic rings. The zero-order chi connectivity index (χ0) is 4.50. The van der Waals surface area contributed by atoms with Gasteiger partial charge in [0.2, 0.25) is 0 Å². The number of hydrogen-bond donors (Lipinski definition) is 0. The summed E-state index contributed by atoms with van der Waals surface area (Å²) in [4.78, 5) is 0. The van der Waals surface area contributed by atoms with Crippen LogP contribution in [0.4, 0.5) is 0 Å². The van der Waals surface area contributed by atoms with E-state index < -0.39 is 13.0 Å². The maximum absolute atomic E-state index is 8.58. The molecule has 0 bridgehead atoms. The first-order valence-corrected chi connectivity index (χ1v) is 2.54. The van der Waals surface area contributed by atoms with E-state index in [1.807, 2.05) is 0 Å². The second-order valence-corrected chi connectivity index (χ2v) is 1.56. The van der Waals surface area contributed by atoms with E-state index in [0.717, 1.165) is 0 Å². The Labute approximate surface area is 71.2 Å². The molecule has 0 rings (SSSR count). The van der Waals surface area contributed by atoms with Crippen LogP contribution < -0.4 is 4.19 Å². The van der Waals surface area contributed by atoms with Crippen LogP contribution in [0.25, 0.3) is 0 Å². The summed E-state index contributed by atoms with van der Waals surface area (Å²) in [6.07, 6.45) is 0. The molecule has 0 unspecified atom stereocenters. The van der Waals surface area contributed by atoms with Gasteiger partial charge < -0.3 is 5.48 Å². The average molecular weight is 176 g/mol. The van der Waals surface area contributed by atoms with Crippen LogP contribution in [0.2, 0.25) is 0 Å². The topological polar surface area (TPSA) is 104 Å². The Morgan fingerprint density at radius 3 is 1.14 bits per heavy atom. The standard InChI is InChI=1S/Ca.Mn.H2O.4O/h;;1H2;;;;/q+2;;;;;;-1/p-1. The van der Waals surface area contributed by atoms with Crippen molar-refractivity contribution in [3.63, 3.8) is 0 Å². The summed E-state index contributed by atoms with van der Waals surface area (Å²) in [5.41, 5.74) is 0. The molecule has 0 aromatic heterocycles. The van der Waals surface area contributed by atoms with E-state index >= 15 is 0 Å². The zero-order valence-corrected chi connectivity index (χ0v) is 6.55. The molecule has 0 radical (unpaired) electrons.